The minimum atomic E-state index is -0.645. The summed E-state index contributed by atoms with van der Waals surface area (Å²) in [4.78, 5) is 11.1. The lowest BCUT2D eigenvalue weighted by Crippen LogP contribution is -2.50. The summed E-state index contributed by atoms with van der Waals surface area (Å²) in [5.74, 6) is -0.365. The van der Waals surface area contributed by atoms with Gasteiger partial charge in [-0.25, -0.2) is 4.79 Å². The monoisotopic (exact) mass is 246 g/mol. The van der Waals surface area contributed by atoms with Gasteiger partial charge >= 0.3 is 5.97 Å². The first-order valence-corrected chi connectivity index (χ1v) is 6.21. The van der Waals surface area contributed by atoms with Crippen molar-refractivity contribution >= 4 is 17.6 Å². The summed E-state index contributed by atoms with van der Waals surface area (Å²) in [6.07, 6.45) is 2.22. The second-order valence-electron chi connectivity index (χ2n) is 4.43. The quantitative estimate of drug-likeness (QED) is 0.401. The third kappa shape index (κ3) is 3.00. The van der Waals surface area contributed by atoms with Gasteiger partial charge in [0.2, 0.25) is 0 Å². The Morgan fingerprint density at radius 3 is 1.94 bits per heavy atom. The van der Waals surface area contributed by atoms with Crippen LogP contribution in [0.1, 0.15) is 53.9 Å². The Morgan fingerprint density at radius 2 is 1.69 bits per heavy atom. The minimum Gasteiger partial charge on any atom is -0.454 e. The number of hydrogen-bond donors (Lipinski definition) is 0. The minimum absolute atomic E-state index is 0.365. The lowest BCUT2D eigenvalue weighted by molar-refractivity contribution is -0.157. The molecule has 3 heteroatoms. The van der Waals surface area contributed by atoms with Crippen LogP contribution >= 0.6 is 11.6 Å². The summed E-state index contributed by atoms with van der Waals surface area (Å²) in [5, 5.41) is 0. The second kappa shape index (κ2) is 5.72. The van der Waals surface area contributed by atoms with Gasteiger partial charge in [-0.15, -0.1) is 11.6 Å². The van der Waals surface area contributed by atoms with E-state index in [9.17, 15) is 4.79 Å². The van der Waals surface area contributed by atoms with Gasteiger partial charge < -0.3 is 4.74 Å². The smallest absolute Gasteiger partial charge is 0.333 e. The van der Waals surface area contributed by atoms with Crippen LogP contribution in [0.3, 0.4) is 0 Å². The molecule has 16 heavy (non-hydrogen) atoms. The molecule has 0 aromatic rings. The van der Waals surface area contributed by atoms with Crippen LogP contribution in [-0.2, 0) is 9.53 Å². The Bertz CT molecular complexity index is 269. The molecule has 94 valence electrons. The van der Waals surface area contributed by atoms with Crippen molar-refractivity contribution in [3.63, 3.8) is 0 Å². The van der Waals surface area contributed by atoms with Gasteiger partial charge in [-0.1, -0.05) is 27.4 Å². The standard InChI is InChI=1S/C13H23ClO2/c1-7-12(6,13(14,8-2)9-3)16-11(15)10(4)5/h4,7-9H2,1-3,5-6H3. The van der Waals surface area contributed by atoms with Gasteiger partial charge in [0.05, 0.1) is 4.87 Å². The van der Waals surface area contributed by atoms with Crippen molar-refractivity contribution in [2.24, 2.45) is 0 Å². The molecule has 0 aromatic heterocycles. The molecule has 0 saturated carbocycles. The first-order valence-electron chi connectivity index (χ1n) is 5.84. The van der Waals surface area contributed by atoms with Gasteiger partial charge in [-0.2, -0.15) is 0 Å². The third-order valence-corrected chi connectivity index (χ3v) is 4.34. The number of carbonyl (C=O) groups excluding carboxylic acids is 1. The van der Waals surface area contributed by atoms with E-state index in [2.05, 4.69) is 6.58 Å². The zero-order chi connectivity index (χ0) is 13.0. The van der Waals surface area contributed by atoms with Crippen molar-refractivity contribution in [1.82, 2.24) is 0 Å². The summed E-state index contributed by atoms with van der Waals surface area (Å²) in [6.45, 7) is 13.1. The number of rotatable bonds is 6. The van der Waals surface area contributed by atoms with E-state index in [0.29, 0.717) is 12.0 Å². The van der Waals surface area contributed by atoms with E-state index in [1.165, 1.54) is 0 Å². The number of ether oxygens (including phenoxy) is 1. The van der Waals surface area contributed by atoms with E-state index in [1.807, 2.05) is 27.7 Å². The van der Waals surface area contributed by atoms with Gasteiger partial charge in [0, 0.05) is 5.57 Å². The SMILES string of the molecule is C=C(C)C(=O)OC(C)(CC)C(Cl)(CC)CC. The molecule has 0 amide bonds. The highest BCUT2D eigenvalue weighted by atomic mass is 35.5. The molecule has 0 spiro atoms. The van der Waals surface area contributed by atoms with Gasteiger partial charge in [-0.3, -0.25) is 0 Å². The molecule has 1 unspecified atom stereocenters. The van der Waals surface area contributed by atoms with Crippen LogP contribution in [0, 0.1) is 0 Å². The fourth-order valence-electron chi connectivity index (χ4n) is 1.77. The van der Waals surface area contributed by atoms with Crippen molar-refractivity contribution in [3.05, 3.63) is 12.2 Å². The van der Waals surface area contributed by atoms with E-state index in [0.717, 1.165) is 12.8 Å². The van der Waals surface area contributed by atoms with Crippen LogP contribution in [0.15, 0.2) is 12.2 Å². The highest BCUT2D eigenvalue weighted by Gasteiger charge is 2.46. The number of hydrogen-bond acceptors (Lipinski definition) is 2. The zero-order valence-electron chi connectivity index (χ0n) is 11.0. The number of esters is 1. The highest BCUT2D eigenvalue weighted by Crippen LogP contribution is 2.41. The maximum Gasteiger partial charge on any atom is 0.333 e. The van der Waals surface area contributed by atoms with Crippen LogP contribution < -0.4 is 0 Å². The molecule has 2 nitrogen and oxygen atoms in total. The summed E-state index contributed by atoms with van der Waals surface area (Å²) in [7, 11) is 0. The normalized spacial score (nSPS) is 15.4. The Hall–Kier alpha value is -0.500. The van der Waals surface area contributed by atoms with Crippen molar-refractivity contribution in [2.75, 3.05) is 0 Å². The molecule has 0 aliphatic rings. The molecule has 0 rings (SSSR count). The molecule has 0 N–H and O–H groups in total. The predicted molar refractivity (Wildman–Crippen MR) is 68.8 cm³/mol. The fourth-order valence-corrected chi connectivity index (χ4v) is 1.94. The molecular weight excluding hydrogens is 224 g/mol. The molecule has 0 aliphatic heterocycles. The topological polar surface area (TPSA) is 26.3 Å². The van der Waals surface area contributed by atoms with Crippen LogP contribution in [0.4, 0.5) is 0 Å². The Morgan fingerprint density at radius 1 is 1.25 bits per heavy atom. The Kier molecular flexibility index (Phi) is 5.54. The van der Waals surface area contributed by atoms with E-state index in [-0.39, 0.29) is 5.97 Å². The summed E-state index contributed by atoms with van der Waals surface area (Å²) < 4.78 is 5.53. The summed E-state index contributed by atoms with van der Waals surface area (Å²) in [5.41, 5.74) is -0.237. The molecule has 0 saturated heterocycles. The van der Waals surface area contributed by atoms with Crippen LogP contribution in [0.25, 0.3) is 0 Å². The molecule has 0 radical (unpaired) electrons. The van der Waals surface area contributed by atoms with E-state index in [1.54, 1.807) is 6.92 Å². The molecule has 0 aromatic carbocycles. The first-order chi connectivity index (χ1) is 7.26. The molecule has 0 heterocycles. The maximum atomic E-state index is 11.6. The lowest BCUT2D eigenvalue weighted by atomic mass is 9.81. The number of carbonyl (C=O) groups is 1. The van der Waals surface area contributed by atoms with E-state index < -0.39 is 10.5 Å². The van der Waals surface area contributed by atoms with Crippen molar-refractivity contribution in [2.45, 2.75) is 64.4 Å². The van der Waals surface area contributed by atoms with Crippen molar-refractivity contribution < 1.29 is 9.53 Å². The first kappa shape index (κ1) is 15.5. The van der Waals surface area contributed by atoms with Gasteiger partial charge in [-0.05, 0) is 33.1 Å². The largest absolute Gasteiger partial charge is 0.454 e. The van der Waals surface area contributed by atoms with Crippen molar-refractivity contribution in [1.29, 1.82) is 0 Å². The van der Waals surface area contributed by atoms with Crippen LogP contribution in [0.2, 0.25) is 0 Å². The Balaban J connectivity index is 5.04. The van der Waals surface area contributed by atoms with Crippen LogP contribution in [0.5, 0.6) is 0 Å². The molecule has 0 fully saturated rings. The number of alkyl halides is 1. The summed E-state index contributed by atoms with van der Waals surface area (Å²) in [6, 6.07) is 0. The average molecular weight is 247 g/mol. The molecule has 0 bridgehead atoms. The van der Waals surface area contributed by atoms with E-state index >= 15 is 0 Å². The number of halogens is 1. The molecular formula is C13H23ClO2. The third-order valence-electron chi connectivity index (χ3n) is 3.41. The van der Waals surface area contributed by atoms with Gasteiger partial charge in [0.25, 0.3) is 0 Å². The van der Waals surface area contributed by atoms with Gasteiger partial charge in [0.1, 0.15) is 5.60 Å². The highest BCUT2D eigenvalue weighted by molar-refractivity contribution is 6.24. The Labute approximate surface area is 104 Å². The average Bonchev–Trinajstić information content (AvgIpc) is 2.27. The van der Waals surface area contributed by atoms with Gasteiger partial charge in [0.15, 0.2) is 0 Å². The van der Waals surface area contributed by atoms with E-state index in [4.69, 9.17) is 16.3 Å². The summed E-state index contributed by atoms with van der Waals surface area (Å²) >= 11 is 6.56. The molecule has 0 aliphatic carbocycles. The molecule has 1 atom stereocenters. The zero-order valence-corrected chi connectivity index (χ0v) is 11.8. The maximum absolute atomic E-state index is 11.6. The van der Waals surface area contributed by atoms with Crippen LogP contribution in [-0.4, -0.2) is 16.4 Å². The second-order valence-corrected chi connectivity index (χ2v) is 5.15. The van der Waals surface area contributed by atoms with Crippen molar-refractivity contribution in [3.8, 4) is 0 Å². The lowest BCUT2D eigenvalue weighted by Gasteiger charge is -2.42. The fraction of sp³-hybridized carbons (Fsp3) is 0.769. The predicted octanol–water partition coefficient (Wildman–Crippen LogP) is 4.07.